The van der Waals surface area contributed by atoms with Gasteiger partial charge in [0.05, 0.1) is 0 Å². The minimum atomic E-state index is -4.13. The van der Waals surface area contributed by atoms with Crippen molar-refractivity contribution in [1.29, 1.82) is 0 Å². The maximum atomic E-state index is 2.93. The van der Waals surface area contributed by atoms with Crippen LogP contribution in [-0.2, 0) is 38.8 Å². The molecule has 4 aromatic carbocycles. The second kappa shape index (κ2) is 14.3. The summed E-state index contributed by atoms with van der Waals surface area (Å²) in [4.78, 5) is 0. The van der Waals surface area contributed by atoms with Crippen LogP contribution in [0.5, 0.6) is 0 Å². The van der Waals surface area contributed by atoms with Gasteiger partial charge in [0.1, 0.15) is 0 Å². The molecule has 6 rings (SSSR count). The Labute approximate surface area is 344 Å². The molecule has 0 saturated carbocycles. The van der Waals surface area contributed by atoms with Crippen LogP contribution in [0, 0.1) is 0 Å². The molecule has 0 aromatic heterocycles. The molecule has 0 N–H and O–H groups in total. The van der Waals surface area contributed by atoms with E-state index in [1.165, 1.54) is 55.6 Å². The van der Waals surface area contributed by atoms with E-state index in [9.17, 15) is 0 Å². The predicted molar refractivity (Wildman–Crippen MR) is 250 cm³/mol. The summed E-state index contributed by atoms with van der Waals surface area (Å²) in [5.41, 5.74) is 18.2. The van der Waals surface area contributed by atoms with Crippen LogP contribution < -0.4 is 0 Å². The molecule has 0 heterocycles. The van der Waals surface area contributed by atoms with Gasteiger partial charge >= 0.3 is 347 Å². The van der Waals surface area contributed by atoms with E-state index < -0.39 is 22.6 Å². The van der Waals surface area contributed by atoms with E-state index in [2.05, 4.69) is 217 Å². The van der Waals surface area contributed by atoms with Crippen molar-refractivity contribution in [2.75, 3.05) is 0 Å². The molecule has 0 spiro atoms. The van der Waals surface area contributed by atoms with Crippen LogP contribution >= 0.6 is 0 Å². The number of allylic oxidation sites excluding steroid dienone is 2. The summed E-state index contributed by atoms with van der Waals surface area (Å²) >= 11 is -4.13. The molecule has 2 aliphatic carbocycles. The molecular formula is C54H74HfSi. The van der Waals surface area contributed by atoms with Gasteiger partial charge in [0.25, 0.3) is 0 Å². The molecule has 0 fully saturated rings. The van der Waals surface area contributed by atoms with Gasteiger partial charge in [0, 0.05) is 0 Å². The van der Waals surface area contributed by atoms with Gasteiger partial charge in [-0.1, -0.05) is 0 Å². The van der Waals surface area contributed by atoms with Crippen molar-refractivity contribution in [2.45, 2.75) is 160 Å². The SMILES string of the molecule is CC(C)[Si](C(C)C)=[Hf]([CH3])([CH3])([CH]1C=Cc2c(-c3cc(C(C)(C)C)cc(C(C)(C)C)c3)cccc21)[CH]1C=Cc2c(-c3cc(C(C)(C)C)cc(C(C)(C)C)c3)cccc21. The Hall–Kier alpha value is -2.55. The third-order valence-electron chi connectivity index (χ3n) is 13.9. The van der Waals surface area contributed by atoms with E-state index in [1.807, 2.05) is 0 Å². The third-order valence-corrected chi connectivity index (χ3v) is 72.7. The normalized spacial score (nSPS) is 17.6. The Balaban J connectivity index is 1.59. The standard InChI is InChI=1S/2C23H27.C6H14Si.2CH3.Hf/c2*1-22(2,3)18-13-17(14-19(15-18)23(4,5)6)21-12-8-10-16-9-7-11-20(16)21;1-5(2)7-6(3)4;;;/h2*7-15H,1-6H3;5-6H,1-4H3;2*1H3;. The maximum absolute atomic E-state index is 4.13. The van der Waals surface area contributed by atoms with Crippen molar-refractivity contribution in [3.8, 4) is 22.3 Å². The zero-order valence-corrected chi connectivity index (χ0v) is 43.1. The van der Waals surface area contributed by atoms with Crippen molar-refractivity contribution in [2.24, 2.45) is 0 Å². The van der Waals surface area contributed by atoms with Crippen LogP contribution in [0.1, 0.15) is 163 Å². The Morgan fingerprint density at radius 3 is 1.04 bits per heavy atom. The van der Waals surface area contributed by atoms with Crippen LogP contribution in [0.25, 0.3) is 34.4 Å². The molecule has 0 amide bonds. The van der Waals surface area contributed by atoms with Gasteiger partial charge in [-0.3, -0.25) is 0 Å². The summed E-state index contributed by atoms with van der Waals surface area (Å²) < 4.78 is 6.84. The molecule has 4 aromatic rings. The third kappa shape index (κ3) is 7.58. The molecule has 2 aliphatic rings. The van der Waals surface area contributed by atoms with Crippen molar-refractivity contribution >= 4 is 17.6 Å². The van der Waals surface area contributed by atoms with Crippen molar-refractivity contribution in [3.05, 3.63) is 129 Å². The number of rotatable bonds is 6. The Bertz CT molecular complexity index is 2080. The number of fused-ring (bicyclic) bond motifs is 2. The summed E-state index contributed by atoms with van der Waals surface area (Å²) in [5, 5.41) is 0. The quantitative estimate of drug-likeness (QED) is 0.169. The van der Waals surface area contributed by atoms with Gasteiger partial charge in [-0.05, 0) is 0 Å². The monoisotopic (exact) mass is 931 g/mol. The zero-order chi connectivity index (χ0) is 41.6. The van der Waals surface area contributed by atoms with Gasteiger partial charge < -0.3 is 0 Å². The van der Waals surface area contributed by atoms with Gasteiger partial charge in [-0.25, -0.2) is 0 Å². The van der Waals surface area contributed by atoms with Crippen LogP contribution in [0.15, 0.2) is 84.9 Å². The molecule has 56 heavy (non-hydrogen) atoms. The first-order valence-electron chi connectivity index (χ1n) is 21.7. The molecule has 0 aliphatic heterocycles. The second-order valence-corrected chi connectivity index (χ2v) is 68.8. The first-order valence-corrected chi connectivity index (χ1v) is 40.0. The van der Waals surface area contributed by atoms with E-state index in [-0.39, 0.29) is 21.7 Å². The van der Waals surface area contributed by atoms with Gasteiger partial charge in [0.15, 0.2) is 0 Å². The fourth-order valence-corrected chi connectivity index (χ4v) is 82.9. The van der Waals surface area contributed by atoms with Crippen LogP contribution in [0.3, 0.4) is 0 Å². The Morgan fingerprint density at radius 2 is 0.768 bits per heavy atom. The van der Waals surface area contributed by atoms with Crippen LogP contribution in [0.4, 0.5) is 0 Å². The van der Waals surface area contributed by atoms with E-state index in [0.29, 0.717) is 18.4 Å². The zero-order valence-electron chi connectivity index (χ0n) is 38.5. The predicted octanol–water partition coefficient (Wildman–Crippen LogP) is 16.6. The number of hydrogen-bond donors (Lipinski definition) is 0. The molecule has 0 bridgehead atoms. The van der Waals surface area contributed by atoms with Gasteiger partial charge in [-0.15, -0.1) is 0 Å². The Kier molecular flexibility index (Phi) is 11.0. The van der Waals surface area contributed by atoms with E-state index in [4.69, 9.17) is 0 Å². The van der Waals surface area contributed by atoms with Gasteiger partial charge in [0.2, 0.25) is 0 Å². The minimum absolute atomic E-state index is 0.0740. The number of benzene rings is 4. The van der Waals surface area contributed by atoms with E-state index in [1.54, 1.807) is 11.1 Å². The van der Waals surface area contributed by atoms with Crippen LogP contribution in [-0.4, -0.2) is 5.49 Å². The number of hydrogen-bond acceptors (Lipinski definition) is 0. The molecule has 0 nitrogen and oxygen atoms in total. The molecule has 298 valence electrons. The fourth-order valence-electron chi connectivity index (χ4n) is 11.1. The topological polar surface area (TPSA) is 0 Å². The summed E-state index contributed by atoms with van der Waals surface area (Å²) in [7, 11) is 0. The van der Waals surface area contributed by atoms with E-state index >= 15 is 0 Å². The van der Waals surface area contributed by atoms with E-state index in [0.717, 1.165) is 0 Å². The second-order valence-electron chi connectivity index (χ2n) is 23.3. The Morgan fingerprint density at radius 1 is 0.464 bits per heavy atom. The average molecular weight is 930 g/mol. The van der Waals surface area contributed by atoms with Crippen molar-refractivity contribution in [3.63, 3.8) is 0 Å². The molecular weight excluding hydrogens is 855 g/mol. The van der Waals surface area contributed by atoms with Gasteiger partial charge in [-0.2, -0.15) is 0 Å². The average Bonchev–Trinajstić information content (AvgIpc) is 3.72. The van der Waals surface area contributed by atoms with Crippen molar-refractivity contribution < 1.29 is 17.1 Å². The molecule has 0 saturated heterocycles. The summed E-state index contributed by atoms with van der Waals surface area (Å²) in [5.74, 6) is 0. The molecule has 2 heteroatoms. The van der Waals surface area contributed by atoms with Crippen molar-refractivity contribution in [1.82, 2.24) is 0 Å². The van der Waals surface area contributed by atoms with Crippen LogP contribution in [0.2, 0.25) is 20.4 Å². The molecule has 2 unspecified atom stereocenters. The molecule has 0 radical (unpaired) electrons. The molecule has 2 atom stereocenters. The fraction of sp³-hybridized carbons (Fsp3) is 0.481. The summed E-state index contributed by atoms with van der Waals surface area (Å²) in [6.07, 6.45) is 10.5. The first-order chi connectivity index (χ1) is 25.6. The first kappa shape index (κ1) is 43.0. The summed E-state index contributed by atoms with van der Waals surface area (Å²) in [6, 6.07) is 29.5. The summed E-state index contributed by atoms with van der Waals surface area (Å²) in [6.45, 7) is 38.6.